The average molecular weight is 633 g/mol. The summed E-state index contributed by atoms with van der Waals surface area (Å²) in [5.74, 6) is -0.164. The number of ether oxygens (including phenoxy) is 4. The molecule has 0 amide bonds. The Labute approximate surface area is 264 Å². The van der Waals surface area contributed by atoms with E-state index in [4.69, 9.17) is 19.2 Å². The fraction of sp³-hybridized carbons (Fsp3) is 0.394. The minimum atomic E-state index is -0.468. The molecule has 1 aliphatic carbocycles. The molecule has 0 aromatic heterocycles. The van der Waals surface area contributed by atoms with Gasteiger partial charge >= 0.3 is 36.2 Å². The normalized spacial score (nSPS) is 15.3. The first-order valence-electron chi connectivity index (χ1n) is 13.2. The molecule has 0 aliphatic heterocycles. The van der Waals surface area contributed by atoms with Crippen molar-refractivity contribution in [2.45, 2.75) is 41.0 Å². The van der Waals surface area contributed by atoms with E-state index in [0.717, 1.165) is 12.0 Å². The molecule has 0 saturated heterocycles. The number of hydrogen-bond acceptors (Lipinski definition) is 12. The van der Waals surface area contributed by atoms with E-state index in [0.29, 0.717) is 17.4 Å². The summed E-state index contributed by atoms with van der Waals surface area (Å²) in [6.07, 6.45) is 12.4. The lowest BCUT2D eigenvalue weighted by Crippen LogP contribution is -2.23. The molecule has 45 heavy (non-hydrogen) atoms. The van der Waals surface area contributed by atoms with E-state index in [-0.39, 0.29) is 30.2 Å². The molecular weight excluding hydrogens is 588 g/mol. The van der Waals surface area contributed by atoms with Crippen LogP contribution in [0.4, 0.5) is 0 Å². The first kappa shape index (κ1) is 46.8. The van der Waals surface area contributed by atoms with Gasteiger partial charge in [-0.05, 0) is 62.3 Å². The zero-order valence-corrected chi connectivity index (χ0v) is 27.3. The minimum absolute atomic E-state index is 0.0128. The van der Waals surface area contributed by atoms with E-state index in [9.17, 15) is 19.2 Å². The van der Waals surface area contributed by atoms with Crippen LogP contribution in [0.3, 0.4) is 0 Å². The lowest BCUT2D eigenvalue weighted by Gasteiger charge is -2.24. The largest absolute Gasteiger partial charge is 0.469 e. The Kier molecular flexibility index (Phi) is 33.0. The quantitative estimate of drug-likeness (QED) is 0.146. The molecule has 1 aromatic carbocycles. The molecule has 248 valence electrons. The van der Waals surface area contributed by atoms with Crippen molar-refractivity contribution in [2.24, 2.45) is 17.8 Å². The second-order valence-corrected chi connectivity index (χ2v) is 8.72. The van der Waals surface area contributed by atoms with Crippen LogP contribution >= 0.6 is 0 Å². The van der Waals surface area contributed by atoms with Gasteiger partial charge in [-0.3, -0.25) is 4.79 Å². The molecule has 2 rings (SSSR count). The lowest BCUT2D eigenvalue weighted by molar-refractivity contribution is -0.193. The second-order valence-electron chi connectivity index (χ2n) is 8.72. The molecule has 0 heterocycles. The number of esters is 4. The Morgan fingerprint density at radius 1 is 0.778 bits per heavy atom. The summed E-state index contributed by atoms with van der Waals surface area (Å²) in [6, 6.07) is 5.52. The molecule has 1 aromatic rings. The highest BCUT2D eigenvalue weighted by Gasteiger charge is 2.25. The smallest absolute Gasteiger partial charge is 0.373 e. The minimum Gasteiger partial charge on any atom is -0.469 e. The number of aryl methyl sites for hydroxylation is 2. The van der Waals surface area contributed by atoms with Gasteiger partial charge in [0.25, 0.3) is 0 Å². The number of hydrogen-bond donors (Lipinski definition) is 0. The van der Waals surface area contributed by atoms with Crippen molar-refractivity contribution in [1.29, 1.82) is 0 Å². The highest BCUT2D eigenvalue weighted by atomic mass is 16.5. The Balaban J connectivity index is -0.000000247. The van der Waals surface area contributed by atoms with Crippen molar-refractivity contribution >= 4 is 36.2 Å². The zero-order chi connectivity index (χ0) is 35.8. The SMILES string of the molecule is C=CC.COC(=O)/C=C/C=C/C(=O)OC.COC(=O)C1C=CC(C)C(C)C1.COC(=O)c1ccc(C)c(C)c1.O=C=O.O=C=O. The van der Waals surface area contributed by atoms with Crippen LogP contribution in [0.2, 0.25) is 0 Å². The maximum atomic E-state index is 11.1. The monoisotopic (exact) mass is 632 g/mol. The van der Waals surface area contributed by atoms with E-state index in [1.165, 1.54) is 58.3 Å². The summed E-state index contributed by atoms with van der Waals surface area (Å²) in [5.41, 5.74) is 2.90. The number of benzene rings is 1. The van der Waals surface area contributed by atoms with E-state index in [2.05, 4.69) is 45.4 Å². The molecule has 0 saturated carbocycles. The van der Waals surface area contributed by atoms with Gasteiger partial charge in [0.15, 0.2) is 0 Å². The predicted molar refractivity (Wildman–Crippen MR) is 163 cm³/mol. The number of rotatable bonds is 5. The second kappa shape index (κ2) is 31.7. The molecule has 0 radical (unpaired) electrons. The maximum Gasteiger partial charge on any atom is 0.373 e. The van der Waals surface area contributed by atoms with E-state index in [1.807, 2.05) is 39.0 Å². The van der Waals surface area contributed by atoms with Gasteiger partial charge in [0.2, 0.25) is 0 Å². The molecule has 3 atom stereocenters. The van der Waals surface area contributed by atoms with Gasteiger partial charge in [-0.15, -0.1) is 6.58 Å². The number of methoxy groups -OCH3 is 4. The van der Waals surface area contributed by atoms with E-state index < -0.39 is 11.9 Å². The van der Waals surface area contributed by atoms with Crippen LogP contribution in [0, 0.1) is 31.6 Å². The summed E-state index contributed by atoms with van der Waals surface area (Å²) in [5, 5.41) is 0. The zero-order valence-electron chi connectivity index (χ0n) is 27.3. The standard InChI is InChI=1S/C10H16O2.C10H12O2.C8H10O4.C3H6.2CO2/c2*1-7-4-5-9(6-8(7)2)10(11)12-3;1-11-7(9)5-3-4-6-8(10)12-2;1-3-2;2*2-1-3/h4-5,7-9H,6H2,1-3H3;4-6H,1-3H3;3-6H,1-2H3;3H,1H2,2H3;;/b;;5-3+,6-4+;;;. The van der Waals surface area contributed by atoms with Crippen molar-refractivity contribution in [3.63, 3.8) is 0 Å². The number of carbonyl (C=O) groups is 4. The highest BCUT2D eigenvalue weighted by Crippen LogP contribution is 2.28. The first-order valence-corrected chi connectivity index (χ1v) is 13.2. The van der Waals surface area contributed by atoms with Gasteiger partial charge in [-0.2, -0.15) is 19.2 Å². The van der Waals surface area contributed by atoms with Crippen molar-refractivity contribution < 1.29 is 57.3 Å². The molecular formula is C33H44O12. The summed E-state index contributed by atoms with van der Waals surface area (Å²) in [7, 11) is 5.38. The van der Waals surface area contributed by atoms with Crippen LogP contribution in [0.15, 0.2) is 67.3 Å². The van der Waals surface area contributed by atoms with Crippen molar-refractivity contribution in [3.05, 3.63) is 84.0 Å². The van der Waals surface area contributed by atoms with Gasteiger partial charge in [0.1, 0.15) is 0 Å². The van der Waals surface area contributed by atoms with Gasteiger partial charge < -0.3 is 18.9 Å². The Bertz CT molecular complexity index is 1150. The third kappa shape index (κ3) is 27.4. The summed E-state index contributed by atoms with van der Waals surface area (Å²) in [6.45, 7) is 13.6. The van der Waals surface area contributed by atoms with Crippen LogP contribution in [0.5, 0.6) is 0 Å². The lowest BCUT2D eigenvalue weighted by atomic mass is 9.81. The number of carbonyl (C=O) groups excluding carboxylic acids is 8. The van der Waals surface area contributed by atoms with Crippen LogP contribution < -0.4 is 0 Å². The van der Waals surface area contributed by atoms with Crippen LogP contribution in [0.1, 0.15) is 48.7 Å². The molecule has 3 unspecified atom stereocenters. The highest BCUT2D eigenvalue weighted by molar-refractivity contribution is 5.89. The molecule has 12 heteroatoms. The Morgan fingerprint density at radius 2 is 1.22 bits per heavy atom. The summed E-state index contributed by atoms with van der Waals surface area (Å²) in [4.78, 5) is 75.6. The maximum absolute atomic E-state index is 11.1. The van der Waals surface area contributed by atoms with Gasteiger partial charge in [-0.1, -0.05) is 50.3 Å². The van der Waals surface area contributed by atoms with E-state index >= 15 is 0 Å². The first-order chi connectivity index (χ1) is 21.2. The van der Waals surface area contributed by atoms with Gasteiger partial charge in [0, 0.05) is 12.2 Å². The third-order valence-corrected chi connectivity index (χ3v) is 5.58. The molecule has 0 N–H and O–H groups in total. The molecule has 0 spiro atoms. The van der Waals surface area contributed by atoms with Crippen LogP contribution in [-0.2, 0) is 52.5 Å². The fourth-order valence-corrected chi connectivity index (χ4v) is 2.91. The van der Waals surface area contributed by atoms with Crippen LogP contribution in [-0.4, -0.2) is 64.6 Å². The third-order valence-electron chi connectivity index (χ3n) is 5.58. The molecule has 0 bridgehead atoms. The Hall–Kier alpha value is -5.18. The molecule has 1 aliphatic rings. The summed E-state index contributed by atoms with van der Waals surface area (Å²) >= 11 is 0. The molecule has 0 fully saturated rings. The predicted octanol–water partition coefficient (Wildman–Crippen LogP) is 4.57. The molecule has 12 nitrogen and oxygen atoms in total. The average Bonchev–Trinajstić information content (AvgIpc) is 3.02. The van der Waals surface area contributed by atoms with Crippen molar-refractivity contribution in [2.75, 3.05) is 28.4 Å². The van der Waals surface area contributed by atoms with Crippen LogP contribution in [0.25, 0.3) is 0 Å². The van der Waals surface area contributed by atoms with E-state index in [1.54, 1.807) is 12.1 Å². The van der Waals surface area contributed by atoms with Crippen molar-refractivity contribution in [1.82, 2.24) is 0 Å². The Morgan fingerprint density at radius 3 is 1.56 bits per heavy atom. The van der Waals surface area contributed by atoms with Crippen molar-refractivity contribution in [3.8, 4) is 0 Å². The van der Waals surface area contributed by atoms with Gasteiger partial charge in [0.05, 0.1) is 39.9 Å². The number of allylic oxidation sites excluding steroid dienone is 4. The topological polar surface area (TPSA) is 173 Å². The summed E-state index contributed by atoms with van der Waals surface area (Å²) < 4.78 is 17.9. The fourth-order valence-electron chi connectivity index (χ4n) is 2.91. The van der Waals surface area contributed by atoms with Gasteiger partial charge in [-0.25, -0.2) is 14.4 Å².